The molecule has 0 aromatic rings. The SMILES string of the molecule is CCC(C)CN(CC)CC1CCCCC1N. The Morgan fingerprint density at radius 3 is 2.50 bits per heavy atom. The van der Waals surface area contributed by atoms with Gasteiger partial charge in [-0.2, -0.15) is 0 Å². The summed E-state index contributed by atoms with van der Waals surface area (Å²) in [6.07, 6.45) is 6.60. The van der Waals surface area contributed by atoms with Crippen molar-refractivity contribution >= 4 is 0 Å². The average molecular weight is 226 g/mol. The summed E-state index contributed by atoms with van der Waals surface area (Å²) < 4.78 is 0. The summed E-state index contributed by atoms with van der Waals surface area (Å²) in [6.45, 7) is 10.6. The molecule has 0 aromatic heterocycles. The average Bonchev–Trinajstić information content (AvgIpc) is 2.30. The molecule has 0 spiro atoms. The number of rotatable bonds is 6. The van der Waals surface area contributed by atoms with E-state index in [2.05, 4.69) is 25.7 Å². The maximum atomic E-state index is 6.22. The highest BCUT2D eigenvalue weighted by atomic mass is 15.1. The largest absolute Gasteiger partial charge is 0.327 e. The van der Waals surface area contributed by atoms with Gasteiger partial charge in [-0.15, -0.1) is 0 Å². The van der Waals surface area contributed by atoms with Gasteiger partial charge in [0.15, 0.2) is 0 Å². The van der Waals surface area contributed by atoms with E-state index in [1.807, 2.05) is 0 Å². The van der Waals surface area contributed by atoms with Gasteiger partial charge in [0.05, 0.1) is 0 Å². The summed E-state index contributed by atoms with van der Waals surface area (Å²) in [4.78, 5) is 2.60. The van der Waals surface area contributed by atoms with Crippen LogP contribution in [0.4, 0.5) is 0 Å². The van der Waals surface area contributed by atoms with Gasteiger partial charge in [0.2, 0.25) is 0 Å². The van der Waals surface area contributed by atoms with Gasteiger partial charge >= 0.3 is 0 Å². The lowest BCUT2D eigenvalue weighted by Crippen LogP contribution is -2.42. The lowest BCUT2D eigenvalue weighted by atomic mass is 9.84. The van der Waals surface area contributed by atoms with Gasteiger partial charge in [-0.05, 0) is 31.2 Å². The first-order chi connectivity index (χ1) is 7.67. The van der Waals surface area contributed by atoms with E-state index in [9.17, 15) is 0 Å². The molecule has 96 valence electrons. The molecule has 0 heterocycles. The molecule has 1 rings (SSSR count). The van der Waals surface area contributed by atoms with Gasteiger partial charge in [-0.3, -0.25) is 0 Å². The Morgan fingerprint density at radius 1 is 1.25 bits per heavy atom. The quantitative estimate of drug-likeness (QED) is 0.754. The van der Waals surface area contributed by atoms with Crippen LogP contribution in [0.1, 0.15) is 52.9 Å². The Morgan fingerprint density at radius 2 is 1.94 bits per heavy atom. The van der Waals surface area contributed by atoms with E-state index in [-0.39, 0.29) is 0 Å². The molecule has 16 heavy (non-hydrogen) atoms. The van der Waals surface area contributed by atoms with E-state index in [1.54, 1.807) is 0 Å². The Hall–Kier alpha value is -0.0800. The third kappa shape index (κ3) is 4.42. The molecule has 1 aliphatic rings. The van der Waals surface area contributed by atoms with Crippen molar-refractivity contribution in [2.75, 3.05) is 19.6 Å². The highest BCUT2D eigenvalue weighted by Gasteiger charge is 2.23. The summed E-state index contributed by atoms with van der Waals surface area (Å²) >= 11 is 0. The second-order valence-electron chi connectivity index (χ2n) is 5.57. The van der Waals surface area contributed by atoms with Crippen LogP contribution in [0.25, 0.3) is 0 Å². The predicted octanol–water partition coefficient (Wildman–Crippen LogP) is 2.87. The van der Waals surface area contributed by atoms with Gasteiger partial charge < -0.3 is 10.6 Å². The normalized spacial score (nSPS) is 28.3. The zero-order valence-electron chi connectivity index (χ0n) is 11.4. The molecule has 3 atom stereocenters. The molecule has 3 unspecified atom stereocenters. The van der Waals surface area contributed by atoms with Crippen molar-refractivity contribution in [2.45, 2.75) is 58.9 Å². The molecule has 0 aliphatic heterocycles. The van der Waals surface area contributed by atoms with Crippen molar-refractivity contribution in [1.29, 1.82) is 0 Å². The van der Waals surface area contributed by atoms with Crippen LogP contribution in [0.5, 0.6) is 0 Å². The smallest absolute Gasteiger partial charge is 0.00793 e. The van der Waals surface area contributed by atoms with Crippen molar-refractivity contribution in [1.82, 2.24) is 4.90 Å². The Labute approximate surface area is 102 Å². The van der Waals surface area contributed by atoms with Crippen molar-refractivity contribution in [3.8, 4) is 0 Å². The van der Waals surface area contributed by atoms with Crippen LogP contribution in [0, 0.1) is 11.8 Å². The predicted molar refractivity (Wildman–Crippen MR) is 71.5 cm³/mol. The molecule has 0 saturated heterocycles. The first-order valence-electron chi connectivity index (χ1n) is 7.15. The summed E-state index contributed by atoms with van der Waals surface area (Å²) in [7, 11) is 0. The van der Waals surface area contributed by atoms with Crippen LogP contribution >= 0.6 is 0 Å². The minimum absolute atomic E-state index is 0.458. The third-order valence-corrected chi connectivity index (χ3v) is 4.17. The maximum absolute atomic E-state index is 6.22. The summed E-state index contributed by atoms with van der Waals surface area (Å²) in [6, 6.07) is 0.458. The zero-order chi connectivity index (χ0) is 12.0. The van der Waals surface area contributed by atoms with E-state index in [4.69, 9.17) is 5.73 Å². The minimum Gasteiger partial charge on any atom is -0.327 e. The number of nitrogens with zero attached hydrogens (tertiary/aromatic N) is 1. The molecule has 0 amide bonds. The fourth-order valence-electron chi connectivity index (χ4n) is 2.70. The van der Waals surface area contributed by atoms with Gasteiger partial charge in [0.25, 0.3) is 0 Å². The van der Waals surface area contributed by atoms with E-state index < -0.39 is 0 Å². The Kier molecular flexibility index (Phi) is 6.37. The highest BCUT2D eigenvalue weighted by Crippen LogP contribution is 2.24. The van der Waals surface area contributed by atoms with Crippen molar-refractivity contribution in [3.63, 3.8) is 0 Å². The monoisotopic (exact) mass is 226 g/mol. The second kappa shape index (κ2) is 7.29. The molecule has 1 aliphatic carbocycles. The number of hydrogen-bond donors (Lipinski definition) is 1. The lowest BCUT2D eigenvalue weighted by Gasteiger charge is -2.34. The van der Waals surface area contributed by atoms with Gasteiger partial charge in [-0.25, -0.2) is 0 Å². The first kappa shape index (κ1) is 14.0. The Bertz CT molecular complexity index is 182. The minimum atomic E-state index is 0.458. The van der Waals surface area contributed by atoms with Gasteiger partial charge in [0.1, 0.15) is 0 Å². The molecule has 2 nitrogen and oxygen atoms in total. The molecular formula is C14H30N2. The zero-order valence-corrected chi connectivity index (χ0v) is 11.4. The molecule has 2 N–H and O–H groups in total. The third-order valence-electron chi connectivity index (χ3n) is 4.17. The molecule has 0 aromatic carbocycles. The van der Waals surface area contributed by atoms with Crippen LogP contribution in [0.2, 0.25) is 0 Å². The molecular weight excluding hydrogens is 196 g/mol. The number of nitrogens with two attached hydrogens (primary N) is 1. The molecule has 0 radical (unpaired) electrons. The standard InChI is InChI=1S/C14H30N2/c1-4-12(3)10-16(5-2)11-13-8-6-7-9-14(13)15/h12-14H,4-11,15H2,1-3H3. The van der Waals surface area contributed by atoms with Crippen LogP contribution in [0.15, 0.2) is 0 Å². The van der Waals surface area contributed by atoms with E-state index >= 15 is 0 Å². The van der Waals surface area contributed by atoms with Crippen LogP contribution in [-0.4, -0.2) is 30.6 Å². The van der Waals surface area contributed by atoms with Gasteiger partial charge in [0, 0.05) is 19.1 Å². The van der Waals surface area contributed by atoms with E-state index in [1.165, 1.54) is 51.7 Å². The first-order valence-corrected chi connectivity index (χ1v) is 7.15. The fourth-order valence-corrected chi connectivity index (χ4v) is 2.70. The topological polar surface area (TPSA) is 29.3 Å². The fraction of sp³-hybridized carbons (Fsp3) is 1.00. The summed E-state index contributed by atoms with van der Waals surface area (Å²) in [5.74, 6) is 1.57. The molecule has 0 bridgehead atoms. The van der Waals surface area contributed by atoms with Gasteiger partial charge in [-0.1, -0.05) is 40.0 Å². The Balaban J connectivity index is 2.36. The lowest BCUT2D eigenvalue weighted by molar-refractivity contribution is 0.172. The second-order valence-corrected chi connectivity index (χ2v) is 5.57. The van der Waals surface area contributed by atoms with Crippen molar-refractivity contribution in [2.24, 2.45) is 17.6 Å². The van der Waals surface area contributed by atoms with E-state index in [0.717, 1.165) is 11.8 Å². The van der Waals surface area contributed by atoms with Crippen LogP contribution in [0.3, 0.4) is 0 Å². The van der Waals surface area contributed by atoms with Crippen LogP contribution < -0.4 is 5.73 Å². The van der Waals surface area contributed by atoms with Crippen molar-refractivity contribution < 1.29 is 0 Å². The molecule has 2 heteroatoms. The van der Waals surface area contributed by atoms with Crippen molar-refractivity contribution in [3.05, 3.63) is 0 Å². The number of hydrogen-bond acceptors (Lipinski definition) is 2. The maximum Gasteiger partial charge on any atom is 0.00793 e. The summed E-state index contributed by atoms with van der Waals surface area (Å²) in [5, 5.41) is 0. The molecule has 1 fully saturated rings. The van der Waals surface area contributed by atoms with Crippen LogP contribution in [-0.2, 0) is 0 Å². The highest BCUT2D eigenvalue weighted by molar-refractivity contribution is 4.80. The van der Waals surface area contributed by atoms with E-state index in [0.29, 0.717) is 6.04 Å². The summed E-state index contributed by atoms with van der Waals surface area (Å²) in [5.41, 5.74) is 6.22. The molecule has 1 saturated carbocycles.